The fourth-order valence-electron chi connectivity index (χ4n) is 2.32. The molecule has 1 aromatic rings. The van der Waals surface area contributed by atoms with Crippen LogP contribution in [0.1, 0.15) is 33.1 Å². The van der Waals surface area contributed by atoms with Gasteiger partial charge in [0.25, 0.3) is 0 Å². The Labute approximate surface area is 114 Å². The smallest absolute Gasteiger partial charge is 0.225 e. The molecular weight excluding hydrogens is 240 g/mol. The fourth-order valence-corrected chi connectivity index (χ4v) is 2.32. The Balaban J connectivity index is 1.95. The third kappa shape index (κ3) is 3.66. The van der Waals surface area contributed by atoms with Crippen molar-refractivity contribution >= 4 is 11.7 Å². The number of hydrogen-bond acceptors (Lipinski definition) is 4. The molecule has 0 radical (unpaired) electrons. The molecule has 1 saturated heterocycles. The van der Waals surface area contributed by atoms with Crippen LogP contribution in [0.2, 0.25) is 0 Å². The first-order chi connectivity index (χ1) is 9.20. The van der Waals surface area contributed by atoms with Crippen molar-refractivity contribution in [3.05, 3.63) is 18.6 Å². The third-order valence-corrected chi connectivity index (χ3v) is 3.67. The molecular formula is C14H22N4O. The number of hydrogen-bond donors (Lipinski definition) is 1. The lowest BCUT2D eigenvalue weighted by atomic mass is 9.96. The quantitative estimate of drug-likeness (QED) is 0.895. The van der Waals surface area contributed by atoms with E-state index < -0.39 is 0 Å². The van der Waals surface area contributed by atoms with Crippen molar-refractivity contribution in [2.45, 2.75) is 39.2 Å². The molecule has 2 heterocycles. The maximum Gasteiger partial charge on any atom is 0.225 e. The molecule has 0 aromatic carbocycles. The van der Waals surface area contributed by atoms with Gasteiger partial charge in [0.05, 0.1) is 12.1 Å². The van der Waals surface area contributed by atoms with Gasteiger partial charge in [0, 0.05) is 31.5 Å². The van der Waals surface area contributed by atoms with Crippen molar-refractivity contribution in [1.29, 1.82) is 0 Å². The molecule has 19 heavy (non-hydrogen) atoms. The van der Waals surface area contributed by atoms with Gasteiger partial charge in [0.15, 0.2) is 0 Å². The molecule has 5 heteroatoms. The van der Waals surface area contributed by atoms with Crippen molar-refractivity contribution in [2.75, 3.05) is 18.0 Å². The van der Waals surface area contributed by atoms with Gasteiger partial charge >= 0.3 is 0 Å². The molecule has 1 aliphatic rings. The summed E-state index contributed by atoms with van der Waals surface area (Å²) in [5.41, 5.74) is 0. The number of carbonyl (C=O) groups is 1. The highest BCUT2D eigenvalue weighted by Crippen LogP contribution is 2.21. The Morgan fingerprint density at radius 1 is 1.58 bits per heavy atom. The summed E-state index contributed by atoms with van der Waals surface area (Å²) in [6.07, 6.45) is 8.06. The second-order valence-electron chi connectivity index (χ2n) is 5.17. The number of anilines is 1. The minimum Gasteiger partial charge on any atom is -0.355 e. The minimum absolute atomic E-state index is 0.0600. The van der Waals surface area contributed by atoms with Crippen LogP contribution in [0.4, 0.5) is 5.82 Å². The zero-order valence-corrected chi connectivity index (χ0v) is 11.7. The average Bonchev–Trinajstić information content (AvgIpc) is 2.48. The van der Waals surface area contributed by atoms with E-state index in [4.69, 9.17) is 0 Å². The van der Waals surface area contributed by atoms with E-state index in [0.29, 0.717) is 0 Å². The standard InChI is InChI=1S/C14H22N4O/c1-3-11(2)17-14(19)12-5-4-8-18(10-12)13-9-15-6-7-16-13/h6-7,9,11-12H,3-5,8,10H2,1-2H3,(H,17,19)/t11-,12-/m0/s1. The normalized spacial score (nSPS) is 20.9. The minimum atomic E-state index is 0.0600. The second-order valence-corrected chi connectivity index (χ2v) is 5.17. The maximum atomic E-state index is 12.2. The molecule has 1 aromatic heterocycles. The van der Waals surface area contributed by atoms with Crippen molar-refractivity contribution < 1.29 is 4.79 Å². The summed E-state index contributed by atoms with van der Waals surface area (Å²) in [6.45, 7) is 5.81. The molecule has 1 amide bonds. The van der Waals surface area contributed by atoms with Gasteiger partial charge in [-0.3, -0.25) is 9.78 Å². The topological polar surface area (TPSA) is 58.1 Å². The summed E-state index contributed by atoms with van der Waals surface area (Å²) in [5.74, 6) is 1.09. The van der Waals surface area contributed by atoms with E-state index in [0.717, 1.165) is 38.2 Å². The zero-order valence-electron chi connectivity index (χ0n) is 11.7. The van der Waals surface area contributed by atoms with Gasteiger partial charge in [-0.05, 0) is 26.2 Å². The SMILES string of the molecule is CC[C@H](C)NC(=O)[C@H]1CCCN(c2cnccn2)C1. The Bertz CT molecular complexity index is 409. The summed E-state index contributed by atoms with van der Waals surface area (Å²) in [4.78, 5) is 22.7. The first kappa shape index (κ1) is 13.8. The highest BCUT2D eigenvalue weighted by molar-refractivity contribution is 5.79. The summed E-state index contributed by atoms with van der Waals surface area (Å²) >= 11 is 0. The van der Waals surface area contributed by atoms with Gasteiger partial charge in [-0.1, -0.05) is 6.92 Å². The van der Waals surface area contributed by atoms with E-state index in [1.807, 2.05) is 6.92 Å². The second kappa shape index (κ2) is 6.50. The number of nitrogens with one attached hydrogen (secondary N) is 1. The van der Waals surface area contributed by atoms with Gasteiger partial charge < -0.3 is 10.2 Å². The monoisotopic (exact) mass is 262 g/mol. The molecule has 0 bridgehead atoms. The Hall–Kier alpha value is -1.65. The number of carbonyl (C=O) groups excluding carboxylic acids is 1. The van der Waals surface area contributed by atoms with Gasteiger partial charge in [-0.15, -0.1) is 0 Å². The van der Waals surface area contributed by atoms with Gasteiger partial charge in [-0.2, -0.15) is 0 Å². The van der Waals surface area contributed by atoms with Crippen molar-refractivity contribution in [1.82, 2.24) is 15.3 Å². The first-order valence-corrected chi connectivity index (χ1v) is 7.02. The van der Waals surface area contributed by atoms with Crippen LogP contribution in [0.25, 0.3) is 0 Å². The third-order valence-electron chi connectivity index (χ3n) is 3.67. The number of amides is 1. The summed E-state index contributed by atoms with van der Waals surface area (Å²) < 4.78 is 0. The zero-order chi connectivity index (χ0) is 13.7. The van der Waals surface area contributed by atoms with Crippen LogP contribution >= 0.6 is 0 Å². The number of aromatic nitrogens is 2. The van der Waals surface area contributed by atoms with E-state index in [1.165, 1.54) is 0 Å². The predicted molar refractivity (Wildman–Crippen MR) is 74.9 cm³/mol. The molecule has 0 unspecified atom stereocenters. The molecule has 104 valence electrons. The molecule has 1 fully saturated rings. The largest absolute Gasteiger partial charge is 0.355 e. The van der Waals surface area contributed by atoms with Crippen LogP contribution < -0.4 is 10.2 Å². The Kier molecular flexibility index (Phi) is 4.71. The Morgan fingerprint density at radius 2 is 2.42 bits per heavy atom. The molecule has 1 N–H and O–H groups in total. The van der Waals surface area contributed by atoms with Crippen LogP contribution in [0.3, 0.4) is 0 Å². The number of nitrogens with zero attached hydrogens (tertiary/aromatic N) is 3. The van der Waals surface area contributed by atoms with Crippen LogP contribution in [0.15, 0.2) is 18.6 Å². The van der Waals surface area contributed by atoms with Crippen LogP contribution in [0.5, 0.6) is 0 Å². The molecule has 5 nitrogen and oxygen atoms in total. The van der Waals surface area contributed by atoms with E-state index >= 15 is 0 Å². The average molecular weight is 262 g/mol. The lowest BCUT2D eigenvalue weighted by molar-refractivity contribution is -0.125. The molecule has 1 aliphatic heterocycles. The highest BCUT2D eigenvalue weighted by atomic mass is 16.2. The van der Waals surface area contributed by atoms with Gasteiger partial charge in [0.1, 0.15) is 5.82 Å². The van der Waals surface area contributed by atoms with Crippen LogP contribution in [-0.4, -0.2) is 35.0 Å². The van der Waals surface area contributed by atoms with E-state index in [2.05, 4.69) is 27.1 Å². The summed E-state index contributed by atoms with van der Waals surface area (Å²) in [6, 6.07) is 0.249. The number of rotatable bonds is 4. The van der Waals surface area contributed by atoms with E-state index in [9.17, 15) is 4.79 Å². The molecule has 0 saturated carbocycles. The van der Waals surface area contributed by atoms with E-state index in [-0.39, 0.29) is 17.9 Å². The van der Waals surface area contributed by atoms with Crippen molar-refractivity contribution in [2.24, 2.45) is 5.92 Å². The summed E-state index contributed by atoms with van der Waals surface area (Å²) in [5, 5.41) is 3.07. The molecule has 0 aliphatic carbocycles. The molecule has 2 atom stereocenters. The van der Waals surface area contributed by atoms with Crippen LogP contribution in [-0.2, 0) is 4.79 Å². The summed E-state index contributed by atoms with van der Waals surface area (Å²) in [7, 11) is 0. The number of piperidine rings is 1. The van der Waals surface area contributed by atoms with Gasteiger partial charge in [-0.25, -0.2) is 4.98 Å². The lowest BCUT2D eigenvalue weighted by Gasteiger charge is -2.33. The predicted octanol–water partition coefficient (Wildman–Crippen LogP) is 1.61. The van der Waals surface area contributed by atoms with E-state index in [1.54, 1.807) is 18.6 Å². The van der Waals surface area contributed by atoms with Crippen molar-refractivity contribution in [3.8, 4) is 0 Å². The first-order valence-electron chi connectivity index (χ1n) is 7.02. The molecule has 2 rings (SSSR count). The van der Waals surface area contributed by atoms with Gasteiger partial charge in [0.2, 0.25) is 5.91 Å². The Morgan fingerprint density at radius 3 is 3.11 bits per heavy atom. The highest BCUT2D eigenvalue weighted by Gasteiger charge is 2.26. The van der Waals surface area contributed by atoms with Crippen LogP contribution in [0, 0.1) is 5.92 Å². The van der Waals surface area contributed by atoms with Crippen molar-refractivity contribution in [3.63, 3.8) is 0 Å². The maximum absolute atomic E-state index is 12.2. The lowest BCUT2D eigenvalue weighted by Crippen LogP contribution is -2.45. The molecule has 0 spiro atoms. The fraction of sp³-hybridized carbons (Fsp3) is 0.643.